The molecule has 0 saturated carbocycles. The molecule has 2 N–H and O–H groups in total. The number of hydrogen-bond donors (Lipinski definition) is 2. The minimum Gasteiger partial charge on any atom is -0.478 e. The number of ether oxygens (including phenoxy) is 1. The Morgan fingerprint density at radius 2 is 2.04 bits per heavy atom. The molecule has 0 spiro atoms. The zero-order valence-corrected chi connectivity index (χ0v) is 14.7. The van der Waals surface area contributed by atoms with Crippen molar-refractivity contribution >= 4 is 34.4 Å². The van der Waals surface area contributed by atoms with Gasteiger partial charge in [-0.1, -0.05) is 17.7 Å². The molecule has 1 heterocycles. The van der Waals surface area contributed by atoms with Crippen LogP contribution < -0.4 is 5.32 Å². The standard InChI is InChI=1S/C17H21ClN2O4/c1-17(2,3)24-15(21)9-19-6-7-20-10-13(16(22)23)12-5-4-11(18)8-14(12)20/h4-5,8,10,19H,6-7,9H2,1-3H3,(H,22,23). The second-order valence-electron chi connectivity index (χ2n) is 6.47. The number of halogens is 1. The van der Waals surface area contributed by atoms with E-state index >= 15 is 0 Å². The Morgan fingerprint density at radius 1 is 1.33 bits per heavy atom. The van der Waals surface area contributed by atoms with Gasteiger partial charge >= 0.3 is 11.9 Å². The number of hydrogen-bond acceptors (Lipinski definition) is 4. The Kier molecular flexibility index (Phi) is 5.51. The van der Waals surface area contributed by atoms with E-state index in [1.54, 1.807) is 24.4 Å². The van der Waals surface area contributed by atoms with E-state index in [4.69, 9.17) is 16.3 Å². The van der Waals surface area contributed by atoms with Gasteiger partial charge < -0.3 is 19.7 Å². The summed E-state index contributed by atoms with van der Waals surface area (Å²) in [5.74, 6) is -1.31. The molecule has 2 rings (SSSR count). The van der Waals surface area contributed by atoms with E-state index in [1.807, 2.05) is 25.3 Å². The van der Waals surface area contributed by atoms with Gasteiger partial charge in [0, 0.05) is 29.7 Å². The zero-order valence-electron chi connectivity index (χ0n) is 13.9. The molecule has 0 aliphatic heterocycles. The van der Waals surface area contributed by atoms with E-state index in [9.17, 15) is 14.7 Å². The molecule has 0 fully saturated rings. The maximum atomic E-state index is 11.6. The molecule has 0 saturated heterocycles. The fraction of sp³-hybridized carbons (Fsp3) is 0.412. The fourth-order valence-electron chi connectivity index (χ4n) is 2.39. The largest absolute Gasteiger partial charge is 0.478 e. The molecule has 0 amide bonds. The summed E-state index contributed by atoms with van der Waals surface area (Å²) >= 11 is 6.01. The first-order valence-electron chi connectivity index (χ1n) is 7.61. The summed E-state index contributed by atoms with van der Waals surface area (Å²) in [5, 5.41) is 13.5. The molecule has 0 atom stereocenters. The summed E-state index contributed by atoms with van der Waals surface area (Å²) in [6.45, 7) is 6.54. The van der Waals surface area contributed by atoms with Crippen LogP contribution in [0, 0.1) is 0 Å². The van der Waals surface area contributed by atoms with Crippen LogP contribution in [0.5, 0.6) is 0 Å². The normalized spacial score (nSPS) is 11.7. The first kappa shape index (κ1) is 18.3. The number of carbonyl (C=O) groups is 2. The summed E-state index contributed by atoms with van der Waals surface area (Å²) in [4.78, 5) is 23.0. The van der Waals surface area contributed by atoms with Gasteiger partial charge in [0.25, 0.3) is 0 Å². The van der Waals surface area contributed by atoms with Crippen LogP contribution in [0.3, 0.4) is 0 Å². The molecule has 7 heteroatoms. The SMILES string of the molecule is CC(C)(C)OC(=O)CNCCn1cc(C(=O)O)c2ccc(Cl)cc21. The highest BCUT2D eigenvalue weighted by Gasteiger charge is 2.16. The number of fused-ring (bicyclic) bond motifs is 1. The average Bonchev–Trinajstić information content (AvgIpc) is 2.80. The number of aromatic nitrogens is 1. The highest BCUT2D eigenvalue weighted by Crippen LogP contribution is 2.24. The fourth-order valence-corrected chi connectivity index (χ4v) is 2.55. The first-order valence-corrected chi connectivity index (χ1v) is 7.99. The van der Waals surface area contributed by atoms with E-state index in [0.29, 0.717) is 23.5 Å². The van der Waals surface area contributed by atoms with Crippen molar-refractivity contribution in [1.29, 1.82) is 0 Å². The summed E-state index contributed by atoms with van der Waals surface area (Å²) < 4.78 is 7.02. The van der Waals surface area contributed by atoms with Gasteiger partial charge in [0.05, 0.1) is 17.6 Å². The van der Waals surface area contributed by atoms with Gasteiger partial charge in [-0.05, 0) is 32.9 Å². The number of carboxylic acid groups (broad SMARTS) is 1. The summed E-state index contributed by atoms with van der Waals surface area (Å²) in [6.07, 6.45) is 1.58. The molecule has 2 aromatic rings. The van der Waals surface area contributed by atoms with Crippen molar-refractivity contribution in [1.82, 2.24) is 9.88 Å². The minimum absolute atomic E-state index is 0.100. The van der Waals surface area contributed by atoms with Gasteiger partial charge in [-0.2, -0.15) is 0 Å². The van der Waals surface area contributed by atoms with E-state index < -0.39 is 11.6 Å². The quantitative estimate of drug-likeness (QED) is 0.617. The van der Waals surface area contributed by atoms with Gasteiger partial charge in [0.2, 0.25) is 0 Å². The van der Waals surface area contributed by atoms with Crippen LogP contribution in [-0.4, -0.2) is 40.3 Å². The summed E-state index contributed by atoms with van der Waals surface area (Å²) in [7, 11) is 0. The summed E-state index contributed by atoms with van der Waals surface area (Å²) in [5.41, 5.74) is 0.468. The van der Waals surface area contributed by atoms with E-state index in [-0.39, 0.29) is 18.1 Å². The second-order valence-corrected chi connectivity index (χ2v) is 6.90. The highest BCUT2D eigenvalue weighted by atomic mass is 35.5. The molecule has 0 aliphatic carbocycles. The maximum absolute atomic E-state index is 11.6. The van der Waals surface area contributed by atoms with Gasteiger partial charge in [0.15, 0.2) is 0 Å². The Labute approximate surface area is 145 Å². The molecule has 24 heavy (non-hydrogen) atoms. The van der Waals surface area contributed by atoms with Gasteiger partial charge in [-0.25, -0.2) is 4.79 Å². The number of aromatic carboxylic acids is 1. The predicted octanol–water partition coefficient (Wildman–Crippen LogP) is 2.92. The van der Waals surface area contributed by atoms with E-state index in [1.165, 1.54) is 0 Å². The zero-order chi connectivity index (χ0) is 17.9. The van der Waals surface area contributed by atoms with Crippen LogP contribution >= 0.6 is 11.6 Å². The van der Waals surface area contributed by atoms with Gasteiger partial charge in [0.1, 0.15) is 5.60 Å². The first-order chi connectivity index (χ1) is 11.2. The Hall–Kier alpha value is -2.05. The van der Waals surface area contributed by atoms with Crippen molar-refractivity contribution < 1.29 is 19.4 Å². The molecule has 0 aliphatic rings. The Morgan fingerprint density at radius 3 is 2.67 bits per heavy atom. The number of carbonyl (C=O) groups excluding carboxylic acids is 1. The molecule has 130 valence electrons. The van der Waals surface area contributed by atoms with Crippen LogP contribution in [0.1, 0.15) is 31.1 Å². The van der Waals surface area contributed by atoms with Crippen molar-refractivity contribution in [2.24, 2.45) is 0 Å². The molecule has 0 bridgehead atoms. The van der Waals surface area contributed by atoms with Crippen molar-refractivity contribution in [3.8, 4) is 0 Å². The number of benzene rings is 1. The van der Waals surface area contributed by atoms with Gasteiger partial charge in [-0.3, -0.25) is 4.79 Å². The van der Waals surface area contributed by atoms with Crippen molar-refractivity contribution in [3.63, 3.8) is 0 Å². The van der Waals surface area contributed by atoms with Crippen LogP contribution in [0.15, 0.2) is 24.4 Å². The number of nitrogens with one attached hydrogen (secondary N) is 1. The molecular weight excluding hydrogens is 332 g/mol. The van der Waals surface area contributed by atoms with Crippen LogP contribution in [-0.2, 0) is 16.1 Å². The number of esters is 1. The second kappa shape index (κ2) is 7.23. The lowest BCUT2D eigenvalue weighted by molar-refractivity contribution is -0.153. The van der Waals surface area contributed by atoms with Crippen molar-refractivity contribution in [3.05, 3.63) is 35.0 Å². The lowest BCUT2D eigenvalue weighted by atomic mass is 10.2. The molecular formula is C17H21ClN2O4. The topological polar surface area (TPSA) is 80.6 Å². The van der Waals surface area contributed by atoms with Crippen LogP contribution in [0.4, 0.5) is 0 Å². The lowest BCUT2D eigenvalue weighted by Gasteiger charge is -2.19. The molecule has 0 radical (unpaired) electrons. The number of carboxylic acids is 1. The van der Waals surface area contributed by atoms with E-state index in [2.05, 4.69) is 5.32 Å². The molecule has 6 nitrogen and oxygen atoms in total. The smallest absolute Gasteiger partial charge is 0.337 e. The minimum atomic E-state index is -0.984. The highest BCUT2D eigenvalue weighted by molar-refractivity contribution is 6.31. The van der Waals surface area contributed by atoms with Crippen LogP contribution in [0.25, 0.3) is 10.9 Å². The average molecular weight is 353 g/mol. The van der Waals surface area contributed by atoms with Crippen molar-refractivity contribution in [2.45, 2.75) is 32.9 Å². The maximum Gasteiger partial charge on any atom is 0.337 e. The number of nitrogens with zero attached hydrogens (tertiary/aromatic N) is 1. The third kappa shape index (κ3) is 4.72. The number of rotatable bonds is 6. The molecule has 1 aromatic carbocycles. The third-order valence-electron chi connectivity index (χ3n) is 3.29. The molecule has 1 aromatic heterocycles. The van der Waals surface area contributed by atoms with E-state index in [0.717, 1.165) is 5.52 Å². The summed E-state index contributed by atoms with van der Waals surface area (Å²) in [6, 6.07) is 5.10. The Bertz CT molecular complexity index is 762. The molecule has 0 unspecified atom stereocenters. The third-order valence-corrected chi connectivity index (χ3v) is 3.53. The monoisotopic (exact) mass is 352 g/mol. The lowest BCUT2D eigenvalue weighted by Crippen LogP contribution is -2.32. The van der Waals surface area contributed by atoms with Crippen molar-refractivity contribution in [2.75, 3.05) is 13.1 Å². The Balaban J connectivity index is 2.01. The van der Waals surface area contributed by atoms with Crippen LogP contribution in [0.2, 0.25) is 5.02 Å². The van der Waals surface area contributed by atoms with Gasteiger partial charge in [-0.15, -0.1) is 0 Å². The predicted molar refractivity (Wildman–Crippen MR) is 92.6 cm³/mol.